The first kappa shape index (κ1) is 12.5. The van der Waals surface area contributed by atoms with E-state index in [9.17, 15) is 5.11 Å². The number of benzene rings is 2. The van der Waals surface area contributed by atoms with Crippen LogP contribution in [0.4, 0.5) is 5.69 Å². The lowest BCUT2D eigenvalue weighted by Gasteiger charge is -2.08. The minimum absolute atomic E-state index is 0.000638. The highest BCUT2D eigenvalue weighted by molar-refractivity contribution is 7.99. The molecule has 0 fully saturated rings. The smallest absolute Gasteiger partial charge is 0.0992 e. The minimum Gasteiger partial charge on any atom is -0.398 e. The van der Waals surface area contributed by atoms with Crippen LogP contribution in [0.25, 0.3) is 0 Å². The number of rotatable bonds is 3. The second-order valence-electron chi connectivity index (χ2n) is 3.73. The van der Waals surface area contributed by atoms with Crippen molar-refractivity contribution in [3.8, 4) is 6.07 Å². The Labute approximate surface area is 110 Å². The summed E-state index contributed by atoms with van der Waals surface area (Å²) >= 11 is 1.49. The maximum atomic E-state index is 9.26. The van der Waals surface area contributed by atoms with Gasteiger partial charge in [0.15, 0.2) is 0 Å². The van der Waals surface area contributed by atoms with Crippen molar-refractivity contribution in [2.45, 2.75) is 16.4 Å². The van der Waals surface area contributed by atoms with Crippen molar-refractivity contribution in [1.82, 2.24) is 0 Å². The van der Waals surface area contributed by atoms with Gasteiger partial charge in [-0.25, -0.2) is 0 Å². The summed E-state index contributed by atoms with van der Waals surface area (Å²) in [5.74, 6) is 0. The molecular formula is C14H12N2OS. The van der Waals surface area contributed by atoms with Crippen LogP contribution in [0.1, 0.15) is 11.1 Å². The predicted molar refractivity (Wildman–Crippen MR) is 72.1 cm³/mol. The standard InChI is InChI=1S/C14H12N2OS/c15-8-10-5-6-14(12(16)7-10)18-13-4-2-1-3-11(13)9-17/h1-7,17H,9,16H2. The maximum absolute atomic E-state index is 9.26. The SMILES string of the molecule is N#Cc1ccc(Sc2ccccc2CO)c(N)c1. The Bertz CT molecular complexity index is 605. The molecule has 0 radical (unpaired) electrons. The van der Waals surface area contributed by atoms with Crippen LogP contribution in [-0.4, -0.2) is 5.11 Å². The number of nitriles is 1. The van der Waals surface area contributed by atoms with Gasteiger partial charge in [-0.15, -0.1) is 0 Å². The second kappa shape index (κ2) is 5.58. The maximum Gasteiger partial charge on any atom is 0.0992 e. The number of nitrogen functional groups attached to an aromatic ring is 1. The van der Waals surface area contributed by atoms with Gasteiger partial charge in [0.25, 0.3) is 0 Å². The summed E-state index contributed by atoms with van der Waals surface area (Å²) in [6.07, 6.45) is 0. The fourth-order valence-electron chi connectivity index (χ4n) is 1.56. The third-order valence-electron chi connectivity index (χ3n) is 2.50. The summed E-state index contributed by atoms with van der Waals surface area (Å²) in [4.78, 5) is 1.85. The molecule has 18 heavy (non-hydrogen) atoms. The number of hydrogen-bond acceptors (Lipinski definition) is 4. The zero-order valence-corrected chi connectivity index (χ0v) is 10.4. The fraction of sp³-hybridized carbons (Fsp3) is 0.0714. The first-order valence-electron chi connectivity index (χ1n) is 5.41. The second-order valence-corrected chi connectivity index (χ2v) is 4.82. The van der Waals surface area contributed by atoms with Crippen molar-refractivity contribution in [1.29, 1.82) is 5.26 Å². The Morgan fingerprint density at radius 3 is 2.61 bits per heavy atom. The van der Waals surface area contributed by atoms with Crippen LogP contribution in [0.3, 0.4) is 0 Å². The lowest BCUT2D eigenvalue weighted by atomic mass is 10.2. The van der Waals surface area contributed by atoms with E-state index in [0.717, 1.165) is 15.4 Å². The average Bonchev–Trinajstić information content (AvgIpc) is 2.41. The summed E-state index contributed by atoms with van der Waals surface area (Å²) in [6, 6.07) is 14.9. The molecule has 0 saturated heterocycles. The normalized spacial score (nSPS) is 10.0. The number of hydrogen-bond donors (Lipinski definition) is 2. The number of aliphatic hydroxyl groups excluding tert-OH is 1. The van der Waals surface area contributed by atoms with Crippen molar-refractivity contribution in [2.75, 3.05) is 5.73 Å². The Morgan fingerprint density at radius 1 is 1.17 bits per heavy atom. The molecule has 0 atom stereocenters. The lowest BCUT2D eigenvalue weighted by Crippen LogP contribution is -1.91. The molecule has 0 saturated carbocycles. The van der Waals surface area contributed by atoms with Crippen LogP contribution in [0, 0.1) is 11.3 Å². The first-order valence-corrected chi connectivity index (χ1v) is 6.22. The molecule has 90 valence electrons. The van der Waals surface area contributed by atoms with Crippen molar-refractivity contribution in [3.63, 3.8) is 0 Å². The molecule has 0 amide bonds. The van der Waals surface area contributed by atoms with E-state index in [2.05, 4.69) is 6.07 Å². The van der Waals surface area contributed by atoms with E-state index in [1.54, 1.807) is 12.1 Å². The quantitative estimate of drug-likeness (QED) is 0.828. The number of nitrogens with two attached hydrogens (primary N) is 1. The molecule has 2 rings (SSSR count). The monoisotopic (exact) mass is 256 g/mol. The van der Waals surface area contributed by atoms with Gasteiger partial charge >= 0.3 is 0 Å². The van der Waals surface area contributed by atoms with Gasteiger partial charge in [-0.2, -0.15) is 5.26 Å². The summed E-state index contributed by atoms with van der Waals surface area (Å²) in [6.45, 7) is -0.000638. The van der Waals surface area contributed by atoms with Gasteiger partial charge in [-0.05, 0) is 29.8 Å². The van der Waals surface area contributed by atoms with Crippen LogP contribution < -0.4 is 5.73 Å². The molecule has 2 aromatic rings. The van der Waals surface area contributed by atoms with Gasteiger partial charge in [0.05, 0.1) is 18.2 Å². The largest absolute Gasteiger partial charge is 0.398 e. The van der Waals surface area contributed by atoms with E-state index < -0.39 is 0 Å². The van der Waals surface area contributed by atoms with Crippen molar-refractivity contribution < 1.29 is 5.11 Å². The molecule has 0 aliphatic heterocycles. The van der Waals surface area contributed by atoms with E-state index in [1.807, 2.05) is 30.3 Å². The highest BCUT2D eigenvalue weighted by atomic mass is 32.2. The molecule has 0 heterocycles. The van der Waals surface area contributed by atoms with Crippen LogP contribution in [0.15, 0.2) is 52.3 Å². The molecule has 0 spiro atoms. The predicted octanol–water partition coefficient (Wildman–Crippen LogP) is 2.78. The molecule has 2 aromatic carbocycles. The molecule has 4 heteroatoms. The zero-order chi connectivity index (χ0) is 13.0. The van der Waals surface area contributed by atoms with Gasteiger partial charge in [0.1, 0.15) is 0 Å². The number of anilines is 1. The van der Waals surface area contributed by atoms with Crippen LogP contribution in [0.5, 0.6) is 0 Å². The molecular weight excluding hydrogens is 244 g/mol. The third-order valence-corrected chi connectivity index (χ3v) is 3.71. The molecule has 0 aromatic heterocycles. The van der Waals surface area contributed by atoms with Crippen LogP contribution in [-0.2, 0) is 6.61 Å². The van der Waals surface area contributed by atoms with Gasteiger partial charge < -0.3 is 10.8 Å². The lowest BCUT2D eigenvalue weighted by molar-refractivity contribution is 0.279. The van der Waals surface area contributed by atoms with Crippen molar-refractivity contribution in [3.05, 3.63) is 53.6 Å². The summed E-state index contributed by atoms with van der Waals surface area (Å²) in [5.41, 5.74) is 7.89. The molecule has 0 aliphatic carbocycles. The van der Waals surface area contributed by atoms with Crippen molar-refractivity contribution in [2.24, 2.45) is 0 Å². The molecule has 3 N–H and O–H groups in total. The summed E-state index contributed by atoms with van der Waals surface area (Å²) in [7, 11) is 0. The molecule has 0 unspecified atom stereocenters. The van der Waals surface area contributed by atoms with Gasteiger partial charge in [-0.1, -0.05) is 30.0 Å². The zero-order valence-electron chi connectivity index (χ0n) is 9.63. The molecule has 0 bridgehead atoms. The number of nitrogens with zero attached hydrogens (tertiary/aromatic N) is 1. The van der Waals surface area contributed by atoms with E-state index in [0.29, 0.717) is 11.3 Å². The van der Waals surface area contributed by atoms with Crippen LogP contribution in [0.2, 0.25) is 0 Å². The highest BCUT2D eigenvalue weighted by Crippen LogP contribution is 2.34. The highest BCUT2D eigenvalue weighted by Gasteiger charge is 2.06. The third kappa shape index (κ3) is 2.65. The summed E-state index contributed by atoms with van der Waals surface area (Å²) < 4.78 is 0. The Morgan fingerprint density at radius 2 is 1.94 bits per heavy atom. The molecule has 3 nitrogen and oxygen atoms in total. The van der Waals surface area contributed by atoms with Crippen LogP contribution >= 0.6 is 11.8 Å². The Balaban J connectivity index is 2.32. The number of aliphatic hydroxyl groups is 1. The fourth-order valence-corrected chi connectivity index (χ4v) is 2.52. The minimum atomic E-state index is -0.000638. The molecule has 0 aliphatic rings. The topological polar surface area (TPSA) is 70.0 Å². The van der Waals surface area contributed by atoms with Gasteiger partial charge in [0.2, 0.25) is 0 Å². The van der Waals surface area contributed by atoms with Gasteiger partial charge in [0, 0.05) is 15.5 Å². The van der Waals surface area contributed by atoms with E-state index >= 15 is 0 Å². The van der Waals surface area contributed by atoms with E-state index in [1.165, 1.54) is 11.8 Å². The Hall–Kier alpha value is -1.96. The van der Waals surface area contributed by atoms with E-state index in [4.69, 9.17) is 11.0 Å². The average molecular weight is 256 g/mol. The Kier molecular flexibility index (Phi) is 3.88. The first-order chi connectivity index (χ1) is 8.74. The summed E-state index contributed by atoms with van der Waals surface area (Å²) in [5, 5.41) is 18.0. The van der Waals surface area contributed by atoms with E-state index in [-0.39, 0.29) is 6.61 Å². The van der Waals surface area contributed by atoms with Crippen molar-refractivity contribution >= 4 is 17.4 Å². The van der Waals surface area contributed by atoms with Gasteiger partial charge in [-0.3, -0.25) is 0 Å².